The second-order valence-corrected chi connectivity index (χ2v) is 9.48. The maximum atomic E-state index is 12.7. The number of rotatable bonds is 5. The maximum Gasteiger partial charge on any atom is 0.244 e. The lowest BCUT2D eigenvalue weighted by Gasteiger charge is -2.30. The zero-order chi connectivity index (χ0) is 17.3. The van der Waals surface area contributed by atoms with Gasteiger partial charge in [-0.1, -0.05) is 6.92 Å². The third kappa shape index (κ3) is 4.23. The Morgan fingerprint density at radius 2 is 1.96 bits per heavy atom. The van der Waals surface area contributed by atoms with Crippen LogP contribution in [0.2, 0.25) is 0 Å². The standard InChI is InChI=1S/C14H22N2O5S2/c1-10-9-15-7-6-12(10)16-23(19,20)14-8-11(22(3,17)18)4-5-13(14)21-2/h4-5,8,10,12,15-16H,6-7,9H2,1-3H3. The predicted molar refractivity (Wildman–Crippen MR) is 86.9 cm³/mol. The van der Waals surface area contributed by atoms with E-state index in [-0.39, 0.29) is 27.5 Å². The topological polar surface area (TPSA) is 102 Å². The highest BCUT2D eigenvalue weighted by atomic mass is 32.2. The van der Waals surface area contributed by atoms with Crippen molar-refractivity contribution in [3.8, 4) is 5.75 Å². The van der Waals surface area contributed by atoms with Gasteiger partial charge in [0.15, 0.2) is 9.84 Å². The molecule has 1 heterocycles. The van der Waals surface area contributed by atoms with E-state index >= 15 is 0 Å². The molecule has 1 aromatic carbocycles. The molecule has 0 radical (unpaired) electrons. The van der Waals surface area contributed by atoms with Gasteiger partial charge in [-0.25, -0.2) is 21.6 Å². The van der Waals surface area contributed by atoms with Crippen molar-refractivity contribution in [3.05, 3.63) is 18.2 Å². The summed E-state index contributed by atoms with van der Waals surface area (Å²) in [6.07, 6.45) is 1.71. The molecule has 0 aromatic heterocycles. The number of piperidine rings is 1. The first-order chi connectivity index (χ1) is 10.6. The van der Waals surface area contributed by atoms with Crippen molar-refractivity contribution in [1.29, 1.82) is 0 Å². The predicted octanol–water partition coefficient (Wildman–Crippen LogP) is 0.375. The molecule has 0 spiro atoms. The summed E-state index contributed by atoms with van der Waals surface area (Å²) >= 11 is 0. The Labute approximate surface area is 137 Å². The Morgan fingerprint density at radius 1 is 1.26 bits per heavy atom. The van der Waals surface area contributed by atoms with Gasteiger partial charge in [0.2, 0.25) is 10.0 Å². The van der Waals surface area contributed by atoms with E-state index in [1.807, 2.05) is 6.92 Å². The Kier molecular flexibility index (Phi) is 5.34. The molecule has 1 aliphatic rings. The summed E-state index contributed by atoms with van der Waals surface area (Å²) in [6, 6.07) is 3.63. The van der Waals surface area contributed by atoms with Crippen LogP contribution in [-0.4, -0.2) is 49.3 Å². The zero-order valence-corrected chi connectivity index (χ0v) is 15.0. The molecule has 2 unspecified atom stereocenters. The van der Waals surface area contributed by atoms with Crippen LogP contribution in [0.5, 0.6) is 5.75 Å². The normalized spacial score (nSPS) is 22.7. The van der Waals surface area contributed by atoms with Gasteiger partial charge in [-0.15, -0.1) is 0 Å². The van der Waals surface area contributed by atoms with Crippen molar-refractivity contribution in [2.75, 3.05) is 26.5 Å². The van der Waals surface area contributed by atoms with Crippen LogP contribution in [0.4, 0.5) is 0 Å². The van der Waals surface area contributed by atoms with Crippen LogP contribution < -0.4 is 14.8 Å². The second-order valence-electron chi connectivity index (χ2n) is 5.78. The summed E-state index contributed by atoms with van der Waals surface area (Å²) in [5, 5.41) is 3.20. The monoisotopic (exact) mass is 362 g/mol. The number of benzene rings is 1. The largest absolute Gasteiger partial charge is 0.495 e. The number of hydrogen-bond acceptors (Lipinski definition) is 6. The number of methoxy groups -OCH3 is 1. The molecule has 0 amide bonds. The molecule has 9 heteroatoms. The summed E-state index contributed by atoms with van der Waals surface area (Å²) in [7, 11) is -6.05. The minimum absolute atomic E-state index is 0.0583. The second kappa shape index (κ2) is 6.76. The maximum absolute atomic E-state index is 12.7. The number of hydrogen-bond donors (Lipinski definition) is 2. The molecule has 1 saturated heterocycles. The van der Waals surface area contributed by atoms with E-state index in [0.29, 0.717) is 6.42 Å². The van der Waals surface area contributed by atoms with Gasteiger partial charge in [-0.05, 0) is 43.6 Å². The molecule has 0 aliphatic carbocycles. The minimum Gasteiger partial charge on any atom is -0.495 e. The SMILES string of the molecule is COc1ccc(S(C)(=O)=O)cc1S(=O)(=O)NC1CCNCC1C. The van der Waals surface area contributed by atoms with Crippen molar-refractivity contribution in [2.45, 2.75) is 29.2 Å². The minimum atomic E-state index is -3.89. The Morgan fingerprint density at radius 3 is 2.52 bits per heavy atom. The summed E-state index contributed by atoms with van der Waals surface area (Å²) in [5.74, 6) is 0.258. The van der Waals surface area contributed by atoms with Gasteiger partial charge in [0, 0.05) is 12.3 Å². The molecule has 23 heavy (non-hydrogen) atoms. The number of sulfonamides is 1. The average molecular weight is 362 g/mol. The van der Waals surface area contributed by atoms with Gasteiger partial charge < -0.3 is 10.1 Å². The number of sulfone groups is 1. The van der Waals surface area contributed by atoms with E-state index in [9.17, 15) is 16.8 Å². The molecule has 0 saturated carbocycles. The van der Waals surface area contributed by atoms with Gasteiger partial charge in [0.1, 0.15) is 10.6 Å². The van der Waals surface area contributed by atoms with Gasteiger partial charge in [-0.3, -0.25) is 0 Å². The van der Waals surface area contributed by atoms with Crippen LogP contribution in [0, 0.1) is 5.92 Å². The smallest absolute Gasteiger partial charge is 0.244 e. The zero-order valence-electron chi connectivity index (χ0n) is 13.4. The first-order valence-corrected chi connectivity index (χ1v) is 10.6. The van der Waals surface area contributed by atoms with Crippen LogP contribution in [0.15, 0.2) is 28.0 Å². The Bertz CT molecular complexity index is 774. The lowest BCUT2D eigenvalue weighted by molar-refractivity contribution is 0.327. The third-order valence-electron chi connectivity index (χ3n) is 3.94. The van der Waals surface area contributed by atoms with Crippen molar-refractivity contribution < 1.29 is 21.6 Å². The van der Waals surface area contributed by atoms with Gasteiger partial charge in [-0.2, -0.15) is 0 Å². The van der Waals surface area contributed by atoms with E-state index in [0.717, 1.165) is 25.4 Å². The Balaban J connectivity index is 2.41. The van der Waals surface area contributed by atoms with E-state index in [1.54, 1.807) is 0 Å². The highest BCUT2D eigenvalue weighted by Gasteiger charge is 2.29. The number of ether oxygens (including phenoxy) is 1. The fraction of sp³-hybridized carbons (Fsp3) is 0.571. The number of nitrogens with one attached hydrogen (secondary N) is 2. The van der Waals surface area contributed by atoms with Crippen molar-refractivity contribution >= 4 is 19.9 Å². The molecule has 2 N–H and O–H groups in total. The van der Waals surface area contributed by atoms with Crippen molar-refractivity contribution in [3.63, 3.8) is 0 Å². The summed E-state index contributed by atoms with van der Waals surface area (Å²) < 4.78 is 56.5. The average Bonchev–Trinajstić information content (AvgIpc) is 2.48. The molecule has 0 bridgehead atoms. The van der Waals surface area contributed by atoms with E-state index < -0.39 is 19.9 Å². The van der Waals surface area contributed by atoms with Crippen LogP contribution >= 0.6 is 0 Å². The van der Waals surface area contributed by atoms with Crippen LogP contribution in [-0.2, 0) is 19.9 Å². The summed E-state index contributed by atoms with van der Waals surface area (Å²) in [5.41, 5.74) is 0. The van der Waals surface area contributed by atoms with Crippen LogP contribution in [0.25, 0.3) is 0 Å². The van der Waals surface area contributed by atoms with Crippen LogP contribution in [0.3, 0.4) is 0 Å². The van der Waals surface area contributed by atoms with Gasteiger partial charge in [0.05, 0.1) is 12.0 Å². The molecular formula is C14H22N2O5S2. The van der Waals surface area contributed by atoms with Crippen molar-refractivity contribution in [2.24, 2.45) is 5.92 Å². The summed E-state index contributed by atoms with van der Waals surface area (Å²) in [4.78, 5) is -0.217. The molecule has 1 fully saturated rings. The van der Waals surface area contributed by atoms with Gasteiger partial charge in [0.25, 0.3) is 0 Å². The molecule has 130 valence electrons. The fourth-order valence-corrected chi connectivity index (χ4v) is 4.85. The van der Waals surface area contributed by atoms with E-state index in [1.165, 1.54) is 19.2 Å². The van der Waals surface area contributed by atoms with E-state index in [2.05, 4.69) is 10.0 Å². The quantitative estimate of drug-likeness (QED) is 0.785. The molecule has 2 atom stereocenters. The van der Waals surface area contributed by atoms with Crippen molar-refractivity contribution in [1.82, 2.24) is 10.0 Å². The molecule has 2 rings (SSSR count). The lowest BCUT2D eigenvalue weighted by Crippen LogP contribution is -2.48. The highest BCUT2D eigenvalue weighted by Crippen LogP contribution is 2.27. The van der Waals surface area contributed by atoms with Crippen LogP contribution in [0.1, 0.15) is 13.3 Å². The highest BCUT2D eigenvalue weighted by molar-refractivity contribution is 7.91. The summed E-state index contributed by atoms with van der Waals surface area (Å²) in [6.45, 7) is 3.43. The van der Waals surface area contributed by atoms with Gasteiger partial charge >= 0.3 is 0 Å². The molecular weight excluding hydrogens is 340 g/mol. The molecule has 1 aliphatic heterocycles. The fourth-order valence-electron chi connectivity index (χ4n) is 2.55. The first-order valence-electron chi connectivity index (χ1n) is 7.26. The molecule has 7 nitrogen and oxygen atoms in total. The third-order valence-corrected chi connectivity index (χ3v) is 6.57. The first kappa shape index (κ1) is 18.2. The lowest BCUT2D eigenvalue weighted by atomic mass is 9.97. The van der Waals surface area contributed by atoms with E-state index in [4.69, 9.17) is 4.74 Å². The Hall–Kier alpha value is -1.16. The molecule has 1 aromatic rings.